The van der Waals surface area contributed by atoms with E-state index in [0.29, 0.717) is 6.04 Å². The third-order valence-corrected chi connectivity index (χ3v) is 4.76. The number of thioether (sulfide) groups is 1. The highest BCUT2D eigenvalue weighted by molar-refractivity contribution is 7.99. The molecular formula is C18H24N2S. The molecule has 0 aliphatic heterocycles. The topological polar surface area (TPSA) is 24.9 Å². The van der Waals surface area contributed by atoms with Gasteiger partial charge in [0, 0.05) is 17.5 Å². The molecule has 1 heterocycles. The summed E-state index contributed by atoms with van der Waals surface area (Å²) in [6.45, 7) is 8.50. The van der Waals surface area contributed by atoms with Crippen molar-refractivity contribution in [2.75, 3.05) is 12.8 Å². The van der Waals surface area contributed by atoms with E-state index in [1.165, 1.54) is 22.3 Å². The van der Waals surface area contributed by atoms with E-state index in [2.05, 4.69) is 68.3 Å². The third-order valence-electron chi connectivity index (χ3n) is 3.75. The number of aryl methyl sites for hydroxylation is 4. The van der Waals surface area contributed by atoms with Crippen LogP contribution in [0.5, 0.6) is 0 Å². The molecule has 1 atom stereocenters. The fraction of sp³-hybridized carbons (Fsp3) is 0.389. The summed E-state index contributed by atoms with van der Waals surface area (Å²) in [6.07, 6.45) is 0. The lowest BCUT2D eigenvalue weighted by Crippen LogP contribution is -2.19. The van der Waals surface area contributed by atoms with E-state index in [1.54, 1.807) is 0 Å². The van der Waals surface area contributed by atoms with Crippen molar-refractivity contribution in [3.05, 3.63) is 58.3 Å². The van der Waals surface area contributed by atoms with Gasteiger partial charge in [-0.25, -0.2) is 4.98 Å². The Labute approximate surface area is 132 Å². The minimum Gasteiger partial charge on any atom is -0.312 e. The van der Waals surface area contributed by atoms with Crippen LogP contribution in [0.3, 0.4) is 0 Å². The van der Waals surface area contributed by atoms with Gasteiger partial charge in [-0.3, -0.25) is 0 Å². The van der Waals surface area contributed by atoms with Crippen LogP contribution in [0.1, 0.15) is 34.0 Å². The van der Waals surface area contributed by atoms with E-state index >= 15 is 0 Å². The van der Waals surface area contributed by atoms with Gasteiger partial charge in [0.1, 0.15) is 0 Å². The van der Waals surface area contributed by atoms with Gasteiger partial charge in [0.2, 0.25) is 0 Å². The lowest BCUT2D eigenvalue weighted by Gasteiger charge is -2.17. The Balaban J connectivity index is 2.10. The minimum absolute atomic E-state index is 0.344. The standard InChI is InChI=1S/C18H24N2S/c1-12-8-15(4)20-18(9-12)21-11-17(19-5)16-7-6-13(2)14(3)10-16/h6-10,17,19H,11H2,1-5H3. The van der Waals surface area contributed by atoms with Crippen LogP contribution in [0.25, 0.3) is 0 Å². The Morgan fingerprint density at radius 3 is 2.43 bits per heavy atom. The molecule has 1 unspecified atom stereocenters. The van der Waals surface area contributed by atoms with Crippen LogP contribution in [-0.2, 0) is 0 Å². The average Bonchev–Trinajstić information content (AvgIpc) is 2.42. The summed E-state index contributed by atoms with van der Waals surface area (Å²) >= 11 is 1.81. The van der Waals surface area contributed by atoms with Gasteiger partial charge in [-0.1, -0.05) is 18.2 Å². The van der Waals surface area contributed by atoms with Crippen LogP contribution in [-0.4, -0.2) is 17.8 Å². The van der Waals surface area contributed by atoms with Crippen molar-refractivity contribution in [1.29, 1.82) is 0 Å². The lowest BCUT2D eigenvalue weighted by molar-refractivity contribution is 0.660. The Kier molecular flexibility index (Phi) is 5.43. The van der Waals surface area contributed by atoms with Crippen molar-refractivity contribution >= 4 is 11.8 Å². The summed E-state index contributed by atoms with van der Waals surface area (Å²) in [4.78, 5) is 4.60. The second kappa shape index (κ2) is 7.10. The molecule has 0 saturated heterocycles. The van der Waals surface area contributed by atoms with Crippen molar-refractivity contribution < 1.29 is 0 Å². The molecule has 0 aliphatic carbocycles. The van der Waals surface area contributed by atoms with Crippen molar-refractivity contribution in [1.82, 2.24) is 10.3 Å². The predicted octanol–water partition coefficient (Wildman–Crippen LogP) is 4.37. The number of rotatable bonds is 5. The maximum Gasteiger partial charge on any atom is 0.0966 e. The third kappa shape index (κ3) is 4.32. The van der Waals surface area contributed by atoms with E-state index in [-0.39, 0.29) is 0 Å². The smallest absolute Gasteiger partial charge is 0.0966 e. The van der Waals surface area contributed by atoms with Crippen LogP contribution >= 0.6 is 11.8 Å². The maximum absolute atomic E-state index is 4.60. The van der Waals surface area contributed by atoms with Crippen LogP contribution in [0.2, 0.25) is 0 Å². The highest BCUT2D eigenvalue weighted by Gasteiger charge is 2.11. The highest BCUT2D eigenvalue weighted by Crippen LogP contribution is 2.25. The molecule has 3 heteroatoms. The Bertz CT molecular complexity index is 602. The Morgan fingerprint density at radius 1 is 1.05 bits per heavy atom. The fourth-order valence-electron chi connectivity index (χ4n) is 2.37. The predicted molar refractivity (Wildman–Crippen MR) is 92.2 cm³/mol. The first-order valence-corrected chi connectivity index (χ1v) is 8.30. The number of hydrogen-bond acceptors (Lipinski definition) is 3. The molecule has 21 heavy (non-hydrogen) atoms. The van der Waals surface area contributed by atoms with Gasteiger partial charge in [0.25, 0.3) is 0 Å². The van der Waals surface area contributed by atoms with E-state index in [0.717, 1.165) is 16.5 Å². The molecule has 2 nitrogen and oxygen atoms in total. The summed E-state index contributed by atoms with van der Waals surface area (Å²) in [7, 11) is 2.02. The molecular weight excluding hydrogens is 276 g/mol. The number of nitrogens with one attached hydrogen (secondary N) is 1. The van der Waals surface area contributed by atoms with Crippen LogP contribution in [0.15, 0.2) is 35.4 Å². The Hall–Kier alpha value is -1.32. The molecule has 0 fully saturated rings. The number of pyridine rings is 1. The maximum atomic E-state index is 4.60. The zero-order valence-corrected chi connectivity index (χ0v) is 14.3. The molecule has 0 aliphatic rings. The molecule has 0 spiro atoms. The number of nitrogens with zero attached hydrogens (tertiary/aromatic N) is 1. The van der Waals surface area contributed by atoms with Crippen molar-refractivity contribution in [3.8, 4) is 0 Å². The fourth-order valence-corrected chi connectivity index (χ4v) is 3.55. The number of benzene rings is 1. The molecule has 1 aromatic carbocycles. The normalized spacial score (nSPS) is 12.4. The van der Waals surface area contributed by atoms with Crippen molar-refractivity contribution in [2.45, 2.75) is 38.8 Å². The van der Waals surface area contributed by atoms with Gasteiger partial charge in [-0.05, 0) is 69.1 Å². The monoisotopic (exact) mass is 300 g/mol. The number of aromatic nitrogens is 1. The SMILES string of the molecule is CNC(CSc1cc(C)cc(C)n1)c1ccc(C)c(C)c1. The quantitative estimate of drug-likeness (QED) is 0.830. The average molecular weight is 300 g/mol. The van der Waals surface area contributed by atoms with Crippen molar-refractivity contribution in [2.24, 2.45) is 0 Å². The lowest BCUT2D eigenvalue weighted by atomic mass is 10.0. The van der Waals surface area contributed by atoms with E-state index in [1.807, 2.05) is 18.8 Å². The van der Waals surface area contributed by atoms with Gasteiger partial charge in [-0.2, -0.15) is 0 Å². The first-order chi connectivity index (χ1) is 9.99. The summed E-state index contributed by atoms with van der Waals surface area (Å²) in [5.41, 5.74) is 6.40. The second-order valence-corrected chi connectivity index (χ2v) is 6.66. The molecule has 2 aromatic rings. The molecule has 0 bridgehead atoms. The first kappa shape index (κ1) is 16.1. The van der Waals surface area contributed by atoms with Crippen LogP contribution in [0.4, 0.5) is 0 Å². The van der Waals surface area contributed by atoms with Gasteiger partial charge in [0.05, 0.1) is 5.03 Å². The summed E-state index contributed by atoms with van der Waals surface area (Å²) in [6, 6.07) is 11.3. The van der Waals surface area contributed by atoms with Crippen LogP contribution < -0.4 is 5.32 Å². The molecule has 0 amide bonds. The largest absolute Gasteiger partial charge is 0.312 e. The molecule has 0 saturated carbocycles. The van der Waals surface area contributed by atoms with Gasteiger partial charge < -0.3 is 5.32 Å². The summed E-state index contributed by atoms with van der Waals surface area (Å²) in [5, 5.41) is 4.52. The Morgan fingerprint density at radius 2 is 1.81 bits per heavy atom. The molecule has 0 radical (unpaired) electrons. The van der Waals surface area contributed by atoms with E-state index < -0.39 is 0 Å². The highest BCUT2D eigenvalue weighted by atomic mass is 32.2. The van der Waals surface area contributed by atoms with Gasteiger partial charge >= 0.3 is 0 Å². The zero-order chi connectivity index (χ0) is 15.4. The van der Waals surface area contributed by atoms with E-state index in [4.69, 9.17) is 0 Å². The van der Waals surface area contributed by atoms with Crippen LogP contribution in [0, 0.1) is 27.7 Å². The molecule has 2 rings (SSSR count). The first-order valence-electron chi connectivity index (χ1n) is 7.32. The summed E-state index contributed by atoms with van der Waals surface area (Å²) in [5.74, 6) is 0.981. The minimum atomic E-state index is 0.344. The number of hydrogen-bond donors (Lipinski definition) is 1. The van der Waals surface area contributed by atoms with Gasteiger partial charge in [0.15, 0.2) is 0 Å². The molecule has 1 aromatic heterocycles. The zero-order valence-electron chi connectivity index (χ0n) is 13.5. The molecule has 112 valence electrons. The van der Waals surface area contributed by atoms with Gasteiger partial charge in [-0.15, -0.1) is 11.8 Å². The van der Waals surface area contributed by atoms with Crippen molar-refractivity contribution in [3.63, 3.8) is 0 Å². The second-order valence-electron chi connectivity index (χ2n) is 5.62. The van der Waals surface area contributed by atoms with E-state index in [9.17, 15) is 0 Å². The molecule has 1 N–H and O–H groups in total. The summed E-state index contributed by atoms with van der Waals surface area (Å²) < 4.78 is 0.